The topological polar surface area (TPSA) is 56.0 Å². The summed E-state index contributed by atoms with van der Waals surface area (Å²) in [4.78, 5) is 19.9. The van der Waals surface area contributed by atoms with Gasteiger partial charge in [-0.3, -0.25) is 4.57 Å². The lowest BCUT2D eigenvalue weighted by molar-refractivity contribution is 0.638. The number of benzene rings is 3. The minimum Gasteiger partial charge on any atom is -0.294 e. The predicted molar refractivity (Wildman–Crippen MR) is 184 cm³/mol. The van der Waals surface area contributed by atoms with Gasteiger partial charge in [-0.05, 0) is 55.0 Å². The quantitative estimate of drug-likeness (QED) is 0.193. The maximum atomic E-state index is 5.04. The Balaban J connectivity index is 1.13. The lowest BCUT2D eigenvalue weighted by Gasteiger charge is -2.20. The smallest absolute Gasteiger partial charge is 0.163 e. The van der Waals surface area contributed by atoms with E-state index in [4.69, 9.17) is 19.9 Å². The fourth-order valence-corrected chi connectivity index (χ4v) is 6.76. The monoisotopic (exact) mass is 585 g/mol. The number of aliphatic imine (C=N–C) groups is 1. The molecule has 45 heavy (non-hydrogen) atoms. The summed E-state index contributed by atoms with van der Waals surface area (Å²) in [7, 11) is 0. The molecule has 0 radical (unpaired) electrons. The van der Waals surface area contributed by atoms with Crippen molar-refractivity contribution in [3.05, 3.63) is 137 Å². The SMILES string of the molecule is C1=Cc2c3c(n(-c4ccccc4)c2N=CC1)C=CC(c1ccc(-c2nc(-c4ccccc4)nc(C4C=CCCCC4)n2)cc1)C3. The standard InChI is InChI=1S/C40H35N5/c1-2-6-14-29(13-5-1)37-42-38(30-15-7-3-8-16-30)44-39(43-37)31-22-20-28(21-23-31)32-24-25-36-35(27-32)34-19-11-12-26-41-40(34)45(36)33-17-9-4-10-18-33/h3-5,7-11,13,15-26,29,32H,1-2,6,12,14,27H2. The molecule has 0 spiro atoms. The Labute approximate surface area is 264 Å². The minimum absolute atomic E-state index is 0.217. The molecular formula is C40H35N5. The van der Waals surface area contributed by atoms with E-state index >= 15 is 0 Å². The molecule has 2 aromatic heterocycles. The molecule has 0 N–H and O–H groups in total. The van der Waals surface area contributed by atoms with Gasteiger partial charge in [-0.15, -0.1) is 0 Å². The van der Waals surface area contributed by atoms with Crippen LogP contribution in [0.2, 0.25) is 0 Å². The highest BCUT2D eigenvalue weighted by Crippen LogP contribution is 2.42. The Morgan fingerprint density at radius 1 is 0.667 bits per heavy atom. The van der Waals surface area contributed by atoms with E-state index in [0.29, 0.717) is 0 Å². The first-order valence-corrected chi connectivity index (χ1v) is 16.1. The maximum Gasteiger partial charge on any atom is 0.163 e. The van der Waals surface area contributed by atoms with E-state index in [-0.39, 0.29) is 11.8 Å². The predicted octanol–water partition coefficient (Wildman–Crippen LogP) is 9.68. The molecule has 5 heteroatoms. The Hall–Kier alpha value is -5.16. The normalized spacial score (nSPS) is 18.7. The van der Waals surface area contributed by atoms with Crippen molar-refractivity contribution in [2.24, 2.45) is 4.99 Å². The molecule has 8 rings (SSSR count). The number of aromatic nitrogens is 4. The van der Waals surface area contributed by atoms with Crippen LogP contribution in [0.3, 0.4) is 0 Å². The molecule has 2 atom stereocenters. The van der Waals surface area contributed by atoms with E-state index in [0.717, 1.165) is 65.8 Å². The zero-order valence-corrected chi connectivity index (χ0v) is 25.3. The Bertz CT molecular complexity index is 1950. The fraction of sp³-hybridized carbons (Fsp3) is 0.200. The Morgan fingerprint density at radius 3 is 2.22 bits per heavy atom. The lowest BCUT2D eigenvalue weighted by Crippen LogP contribution is -2.08. The van der Waals surface area contributed by atoms with Crippen LogP contribution in [0, 0.1) is 0 Å². The van der Waals surface area contributed by atoms with Crippen molar-refractivity contribution in [2.75, 3.05) is 0 Å². The van der Waals surface area contributed by atoms with Gasteiger partial charge in [0.1, 0.15) is 11.6 Å². The summed E-state index contributed by atoms with van der Waals surface area (Å²) in [6.07, 6.45) is 22.1. The number of hydrogen-bond acceptors (Lipinski definition) is 4. The number of nitrogens with zero attached hydrogens (tertiary/aromatic N) is 5. The third kappa shape index (κ3) is 5.40. The summed E-state index contributed by atoms with van der Waals surface area (Å²) in [5.74, 6) is 3.84. The fourth-order valence-electron chi connectivity index (χ4n) is 6.76. The van der Waals surface area contributed by atoms with Gasteiger partial charge in [0.05, 0.1) is 5.69 Å². The first-order chi connectivity index (χ1) is 22.3. The molecule has 2 aliphatic carbocycles. The number of rotatable bonds is 5. The lowest BCUT2D eigenvalue weighted by atomic mass is 9.86. The van der Waals surface area contributed by atoms with E-state index < -0.39 is 0 Å². The molecule has 0 bridgehead atoms. The summed E-state index contributed by atoms with van der Waals surface area (Å²) in [6.45, 7) is 0. The van der Waals surface area contributed by atoms with E-state index in [2.05, 4.69) is 108 Å². The van der Waals surface area contributed by atoms with Crippen molar-refractivity contribution in [2.45, 2.75) is 50.4 Å². The van der Waals surface area contributed by atoms with Gasteiger partial charge in [0.15, 0.2) is 11.6 Å². The number of fused-ring (bicyclic) bond motifs is 3. The van der Waals surface area contributed by atoms with Crippen LogP contribution in [0.15, 0.2) is 114 Å². The summed E-state index contributed by atoms with van der Waals surface area (Å²) in [5.41, 5.74) is 8.26. The van der Waals surface area contributed by atoms with Gasteiger partial charge >= 0.3 is 0 Å². The molecule has 0 amide bonds. The number of hydrogen-bond donors (Lipinski definition) is 0. The van der Waals surface area contributed by atoms with Crippen molar-refractivity contribution in [1.82, 2.24) is 19.5 Å². The van der Waals surface area contributed by atoms with Crippen molar-refractivity contribution in [1.29, 1.82) is 0 Å². The second-order valence-electron chi connectivity index (χ2n) is 12.0. The summed E-state index contributed by atoms with van der Waals surface area (Å²) < 4.78 is 2.30. The van der Waals surface area contributed by atoms with Gasteiger partial charge in [0.25, 0.3) is 0 Å². The van der Waals surface area contributed by atoms with E-state index in [1.54, 1.807) is 0 Å². The molecule has 0 saturated heterocycles. The van der Waals surface area contributed by atoms with Crippen LogP contribution in [-0.4, -0.2) is 25.7 Å². The zero-order valence-electron chi connectivity index (χ0n) is 25.3. The van der Waals surface area contributed by atoms with E-state index in [9.17, 15) is 0 Å². The van der Waals surface area contributed by atoms with Crippen LogP contribution in [0.25, 0.3) is 40.6 Å². The first kappa shape index (κ1) is 27.4. The van der Waals surface area contributed by atoms with Crippen LogP contribution >= 0.6 is 0 Å². The minimum atomic E-state index is 0.217. The Morgan fingerprint density at radius 2 is 1.42 bits per heavy atom. The highest BCUT2D eigenvalue weighted by Gasteiger charge is 2.27. The summed E-state index contributed by atoms with van der Waals surface area (Å²) >= 11 is 0. The van der Waals surface area contributed by atoms with Crippen molar-refractivity contribution in [3.63, 3.8) is 0 Å². The molecule has 5 nitrogen and oxygen atoms in total. The first-order valence-electron chi connectivity index (χ1n) is 16.1. The second-order valence-corrected chi connectivity index (χ2v) is 12.0. The molecule has 3 heterocycles. The molecule has 5 aromatic rings. The molecule has 3 aliphatic rings. The molecule has 220 valence electrons. The summed E-state index contributed by atoms with van der Waals surface area (Å²) in [5, 5.41) is 0. The molecule has 0 saturated carbocycles. The highest BCUT2D eigenvalue weighted by atomic mass is 15.1. The van der Waals surface area contributed by atoms with Crippen LogP contribution in [0.4, 0.5) is 5.82 Å². The molecule has 0 fully saturated rings. The van der Waals surface area contributed by atoms with Gasteiger partial charge in [0, 0.05) is 46.8 Å². The van der Waals surface area contributed by atoms with Gasteiger partial charge in [-0.25, -0.2) is 19.9 Å². The largest absolute Gasteiger partial charge is 0.294 e. The second kappa shape index (κ2) is 12.1. The number of allylic oxidation sites excluding steroid dienone is 4. The van der Waals surface area contributed by atoms with Crippen molar-refractivity contribution >= 4 is 24.2 Å². The van der Waals surface area contributed by atoms with Crippen LogP contribution in [0.5, 0.6) is 0 Å². The number of para-hydroxylation sites is 1. The molecule has 1 aliphatic heterocycles. The van der Waals surface area contributed by atoms with Crippen molar-refractivity contribution in [3.8, 4) is 28.5 Å². The average Bonchev–Trinajstić information content (AvgIpc) is 3.35. The third-order valence-electron chi connectivity index (χ3n) is 9.11. The third-order valence-corrected chi connectivity index (χ3v) is 9.11. The summed E-state index contributed by atoms with van der Waals surface area (Å²) in [6, 6.07) is 29.6. The van der Waals surface area contributed by atoms with Crippen LogP contribution < -0.4 is 0 Å². The van der Waals surface area contributed by atoms with Crippen molar-refractivity contribution < 1.29 is 0 Å². The van der Waals surface area contributed by atoms with Gasteiger partial charge in [-0.1, -0.05) is 110 Å². The molecule has 3 aromatic carbocycles. The van der Waals surface area contributed by atoms with E-state index in [1.165, 1.54) is 35.2 Å². The Kier molecular flexibility index (Phi) is 7.36. The van der Waals surface area contributed by atoms with Crippen LogP contribution in [-0.2, 0) is 6.42 Å². The maximum absolute atomic E-state index is 5.04. The molecule has 2 unspecified atom stereocenters. The average molecular weight is 586 g/mol. The van der Waals surface area contributed by atoms with Crippen LogP contribution in [0.1, 0.15) is 72.1 Å². The zero-order chi connectivity index (χ0) is 30.0. The van der Waals surface area contributed by atoms with Gasteiger partial charge in [-0.2, -0.15) is 0 Å². The van der Waals surface area contributed by atoms with Gasteiger partial charge < -0.3 is 0 Å². The highest BCUT2D eigenvalue weighted by molar-refractivity contribution is 5.82. The molecular weight excluding hydrogens is 550 g/mol. The van der Waals surface area contributed by atoms with Gasteiger partial charge in [0.2, 0.25) is 0 Å². The van der Waals surface area contributed by atoms with E-state index in [1.807, 2.05) is 24.4 Å².